The number of rotatable bonds is 2. The van der Waals surface area contributed by atoms with Crippen LogP contribution in [0, 0.1) is 6.92 Å². The highest BCUT2D eigenvalue weighted by molar-refractivity contribution is 5.98. The topological polar surface area (TPSA) is 61.9 Å². The van der Waals surface area contributed by atoms with Crippen molar-refractivity contribution in [2.24, 2.45) is 0 Å². The van der Waals surface area contributed by atoms with Crippen molar-refractivity contribution in [2.75, 3.05) is 6.54 Å². The van der Waals surface area contributed by atoms with Gasteiger partial charge in [0.1, 0.15) is 0 Å². The number of pyridine rings is 1. The number of hydrogen-bond acceptors (Lipinski definition) is 3. The molecule has 3 heterocycles. The summed E-state index contributed by atoms with van der Waals surface area (Å²) in [7, 11) is 0. The standard InChI is InChI=1S/C19H20N4O/c1-13-5-6-14-10-15(7-8-17(14)22-13)19(24)23-9-3-2-4-18(23)16-11-20-21-12-16/h5-8,10-12,18H,2-4,9H2,1H3,(H,20,21)/t18-/m1/s1. The molecule has 0 aliphatic carbocycles. The zero-order chi connectivity index (χ0) is 16.5. The van der Waals surface area contributed by atoms with Crippen molar-refractivity contribution < 1.29 is 4.79 Å². The highest BCUT2D eigenvalue weighted by Gasteiger charge is 2.29. The Hall–Kier alpha value is -2.69. The van der Waals surface area contributed by atoms with E-state index in [0.717, 1.165) is 53.5 Å². The summed E-state index contributed by atoms with van der Waals surface area (Å²) in [6, 6.07) is 9.89. The molecule has 4 rings (SSSR count). The van der Waals surface area contributed by atoms with Crippen LogP contribution < -0.4 is 0 Å². The third-order valence-electron chi connectivity index (χ3n) is 4.74. The fourth-order valence-corrected chi connectivity index (χ4v) is 3.49. The molecule has 1 aliphatic rings. The molecule has 0 bridgehead atoms. The molecule has 1 saturated heterocycles. The lowest BCUT2D eigenvalue weighted by Crippen LogP contribution is -2.38. The van der Waals surface area contributed by atoms with Gasteiger partial charge in [-0.1, -0.05) is 6.07 Å². The van der Waals surface area contributed by atoms with E-state index >= 15 is 0 Å². The van der Waals surface area contributed by atoms with Crippen LogP contribution >= 0.6 is 0 Å². The molecule has 1 N–H and O–H groups in total. The largest absolute Gasteiger partial charge is 0.331 e. The number of aryl methyl sites for hydroxylation is 1. The predicted molar refractivity (Wildman–Crippen MR) is 92.7 cm³/mol. The van der Waals surface area contributed by atoms with Gasteiger partial charge in [-0.3, -0.25) is 14.9 Å². The quantitative estimate of drug-likeness (QED) is 0.784. The molecule has 0 spiro atoms. The Labute approximate surface area is 140 Å². The van der Waals surface area contributed by atoms with Crippen LogP contribution in [0.1, 0.15) is 46.9 Å². The average molecular weight is 320 g/mol. The summed E-state index contributed by atoms with van der Waals surface area (Å²) in [6.07, 6.45) is 6.89. The van der Waals surface area contributed by atoms with Crippen LogP contribution in [0.5, 0.6) is 0 Å². The smallest absolute Gasteiger partial charge is 0.254 e. The molecular weight excluding hydrogens is 300 g/mol. The van der Waals surface area contributed by atoms with E-state index in [0.29, 0.717) is 0 Å². The zero-order valence-corrected chi connectivity index (χ0v) is 13.7. The number of carbonyl (C=O) groups excluding carboxylic acids is 1. The van der Waals surface area contributed by atoms with Crippen LogP contribution in [0.4, 0.5) is 0 Å². The van der Waals surface area contributed by atoms with Crippen LogP contribution in [-0.4, -0.2) is 32.5 Å². The van der Waals surface area contributed by atoms with Crippen LogP contribution in [-0.2, 0) is 0 Å². The van der Waals surface area contributed by atoms with E-state index < -0.39 is 0 Å². The molecule has 1 fully saturated rings. The molecule has 5 heteroatoms. The Morgan fingerprint density at radius 1 is 1.25 bits per heavy atom. The normalized spacial score (nSPS) is 18.0. The zero-order valence-electron chi connectivity index (χ0n) is 13.7. The number of aromatic amines is 1. The maximum absolute atomic E-state index is 13.1. The van der Waals surface area contributed by atoms with Gasteiger partial charge in [-0.25, -0.2) is 0 Å². The van der Waals surface area contributed by atoms with Crippen LogP contribution in [0.2, 0.25) is 0 Å². The van der Waals surface area contributed by atoms with Gasteiger partial charge >= 0.3 is 0 Å². The Bertz CT molecular complexity index is 872. The van der Waals surface area contributed by atoms with Gasteiger partial charge in [-0.05, 0) is 50.5 Å². The number of piperidine rings is 1. The van der Waals surface area contributed by atoms with Gasteiger partial charge in [-0.15, -0.1) is 0 Å². The van der Waals surface area contributed by atoms with Crippen molar-refractivity contribution in [3.05, 3.63) is 59.5 Å². The summed E-state index contributed by atoms with van der Waals surface area (Å²) in [5.41, 5.74) is 3.72. The summed E-state index contributed by atoms with van der Waals surface area (Å²) in [5.74, 6) is 0.0865. The lowest BCUT2D eigenvalue weighted by Gasteiger charge is -2.35. The molecule has 122 valence electrons. The fourth-order valence-electron chi connectivity index (χ4n) is 3.49. The molecule has 1 amide bonds. The highest BCUT2D eigenvalue weighted by atomic mass is 16.2. The lowest BCUT2D eigenvalue weighted by molar-refractivity contribution is 0.0612. The molecule has 3 aromatic rings. The van der Waals surface area contributed by atoms with Gasteiger partial charge in [0.2, 0.25) is 0 Å². The molecular formula is C19H20N4O. The van der Waals surface area contributed by atoms with Crippen LogP contribution in [0.3, 0.4) is 0 Å². The van der Waals surface area contributed by atoms with E-state index in [1.165, 1.54) is 0 Å². The van der Waals surface area contributed by atoms with Crippen LogP contribution in [0.15, 0.2) is 42.7 Å². The minimum absolute atomic E-state index is 0.0865. The Balaban J connectivity index is 1.67. The highest BCUT2D eigenvalue weighted by Crippen LogP contribution is 2.31. The molecule has 1 atom stereocenters. The Kier molecular flexibility index (Phi) is 3.76. The Morgan fingerprint density at radius 3 is 3.00 bits per heavy atom. The summed E-state index contributed by atoms with van der Waals surface area (Å²) < 4.78 is 0. The molecule has 0 saturated carbocycles. The molecule has 1 aliphatic heterocycles. The van der Waals surface area contributed by atoms with Gasteiger partial charge in [0.25, 0.3) is 5.91 Å². The first-order chi connectivity index (χ1) is 11.7. The monoisotopic (exact) mass is 320 g/mol. The number of fused-ring (bicyclic) bond motifs is 1. The summed E-state index contributed by atoms with van der Waals surface area (Å²) in [4.78, 5) is 19.6. The van der Waals surface area contributed by atoms with Crippen molar-refractivity contribution in [3.8, 4) is 0 Å². The summed E-state index contributed by atoms with van der Waals surface area (Å²) >= 11 is 0. The number of nitrogens with one attached hydrogen (secondary N) is 1. The van der Waals surface area contributed by atoms with Crippen molar-refractivity contribution in [1.29, 1.82) is 0 Å². The number of benzene rings is 1. The van der Waals surface area contributed by atoms with E-state index in [1.807, 2.05) is 54.5 Å². The summed E-state index contributed by atoms with van der Waals surface area (Å²) in [6.45, 7) is 2.76. The average Bonchev–Trinajstić information content (AvgIpc) is 3.15. The van der Waals surface area contributed by atoms with E-state index in [-0.39, 0.29) is 11.9 Å². The number of carbonyl (C=O) groups is 1. The second kappa shape index (κ2) is 6.07. The number of likely N-dealkylation sites (tertiary alicyclic amines) is 1. The first kappa shape index (κ1) is 14.9. The second-order valence-electron chi connectivity index (χ2n) is 6.40. The van der Waals surface area contributed by atoms with E-state index in [4.69, 9.17) is 0 Å². The van der Waals surface area contributed by atoms with Crippen molar-refractivity contribution in [3.63, 3.8) is 0 Å². The van der Waals surface area contributed by atoms with Crippen molar-refractivity contribution in [1.82, 2.24) is 20.1 Å². The van der Waals surface area contributed by atoms with E-state index in [1.54, 1.807) is 0 Å². The number of aromatic nitrogens is 3. The molecule has 0 unspecified atom stereocenters. The van der Waals surface area contributed by atoms with Crippen molar-refractivity contribution >= 4 is 16.8 Å². The lowest BCUT2D eigenvalue weighted by atomic mass is 9.96. The van der Waals surface area contributed by atoms with Gasteiger partial charge in [0, 0.05) is 34.9 Å². The van der Waals surface area contributed by atoms with Crippen LogP contribution in [0.25, 0.3) is 10.9 Å². The van der Waals surface area contributed by atoms with Gasteiger partial charge < -0.3 is 4.90 Å². The minimum Gasteiger partial charge on any atom is -0.331 e. The maximum Gasteiger partial charge on any atom is 0.254 e. The maximum atomic E-state index is 13.1. The molecule has 2 aromatic heterocycles. The Morgan fingerprint density at radius 2 is 2.17 bits per heavy atom. The van der Waals surface area contributed by atoms with Gasteiger partial charge in [0.15, 0.2) is 0 Å². The van der Waals surface area contributed by atoms with E-state index in [9.17, 15) is 4.79 Å². The van der Waals surface area contributed by atoms with Crippen molar-refractivity contribution in [2.45, 2.75) is 32.2 Å². The van der Waals surface area contributed by atoms with Gasteiger partial charge in [0.05, 0.1) is 17.8 Å². The molecule has 1 aromatic carbocycles. The SMILES string of the molecule is Cc1ccc2cc(C(=O)N3CCCC[C@@H]3c3cn[nH]c3)ccc2n1. The first-order valence-electron chi connectivity index (χ1n) is 8.39. The van der Waals surface area contributed by atoms with Gasteiger partial charge in [-0.2, -0.15) is 5.10 Å². The van der Waals surface area contributed by atoms with E-state index in [2.05, 4.69) is 15.2 Å². The molecule has 24 heavy (non-hydrogen) atoms. The number of nitrogens with zero attached hydrogens (tertiary/aromatic N) is 3. The molecule has 5 nitrogen and oxygen atoms in total. The number of amides is 1. The number of hydrogen-bond donors (Lipinski definition) is 1. The first-order valence-corrected chi connectivity index (χ1v) is 8.39. The summed E-state index contributed by atoms with van der Waals surface area (Å²) in [5, 5.41) is 7.90. The predicted octanol–water partition coefficient (Wildman–Crippen LogP) is 3.63. The third-order valence-corrected chi connectivity index (χ3v) is 4.74. The fraction of sp³-hybridized carbons (Fsp3) is 0.316. The molecule has 0 radical (unpaired) electrons. The number of H-pyrrole nitrogens is 1. The minimum atomic E-state index is 0.0865. The third kappa shape index (κ3) is 2.66. The second-order valence-corrected chi connectivity index (χ2v) is 6.40.